The number of Topliss-reactive ketones (excluding diaryl/α,β-unsaturated/α-hetero) is 1. The Labute approximate surface area is 294 Å². The molecule has 1 aromatic rings. The van der Waals surface area contributed by atoms with Gasteiger partial charge >= 0.3 is 6.03 Å². The molecule has 274 valence electrons. The largest absolute Gasteiger partial charge is 0.363 e. The van der Waals surface area contributed by atoms with Gasteiger partial charge in [-0.15, -0.1) is 0 Å². The van der Waals surface area contributed by atoms with Crippen LogP contribution in [0.3, 0.4) is 0 Å². The van der Waals surface area contributed by atoms with Gasteiger partial charge in [0.1, 0.15) is 12.1 Å². The number of pyridine rings is 1. The molecule has 14 heteroatoms. The second kappa shape index (κ2) is 14.1. The van der Waals surface area contributed by atoms with Crippen molar-refractivity contribution in [1.29, 1.82) is 0 Å². The molecule has 1 aliphatic carbocycles. The van der Waals surface area contributed by atoms with Crippen molar-refractivity contribution < 1.29 is 33.6 Å². The Balaban J connectivity index is 1.57. The van der Waals surface area contributed by atoms with Gasteiger partial charge in [0.05, 0.1) is 29.8 Å². The van der Waals surface area contributed by atoms with E-state index in [1.54, 1.807) is 0 Å². The van der Waals surface area contributed by atoms with E-state index in [1.807, 2.05) is 55.4 Å². The lowest BCUT2D eigenvalue weighted by Gasteiger charge is -2.40. The van der Waals surface area contributed by atoms with Gasteiger partial charge in [0.2, 0.25) is 17.6 Å². The summed E-state index contributed by atoms with van der Waals surface area (Å²) in [4.78, 5) is 99.4. The molecule has 0 radical (unpaired) electrons. The number of piperidine rings is 1. The third-order valence-corrected chi connectivity index (χ3v) is 11.5. The summed E-state index contributed by atoms with van der Waals surface area (Å²) in [7, 11) is 0. The fraction of sp³-hybridized carbons (Fsp3) is 0.667. The van der Waals surface area contributed by atoms with Gasteiger partial charge in [-0.25, -0.2) is 4.79 Å². The number of aromatic nitrogens is 1. The number of carbonyl (C=O) groups is 7. The van der Waals surface area contributed by atoms with Crippen LogP contribution >= 0.6 is 0 Å². The molecule has 3 aliphatic rings. The van der Waals surface area contributed by atoms with Crippen LogP contribution in [0.25, 0.3) is 0 Å². The minimum absolute atomic E-state index is 0.0445. The van der Waals surface area contributed by atoms with E-state index in [-0.39, 0.29) is 41.3 Å². The van der Waals surface area contributed by atoms with Crippen LogP contribution in [0, 0.1) is 28.1 Å². The maximum absolute atomic E-state index is 14.6. The molecule has 50 heavy (non-hydrogen) atoms. The number of nitrogens with zero attached hydrogens (tertiary/aromatic N) is 3. The monoisotopic (exact) mass is 695 g/mol. The third kappa shape index (κ3) is 7.11. The van der Waals surface area contributed by atoms with E-state index in [0.29, 0.717) is 19.4 Å². The zero-order valence-electron chi connectivity index (χ0n) is 30.7. The summed E-state index contributed by atoms with van der Waals surface area (Å²) in [6.45, 7) is 17.4. The molecule has 0 bridgehead atoms. The Morgan fingerprint density at radius 2 is 1.64 bits per heavy atom. The number of urea groups is 1. The van der Waals surface area contributed by atoms with E-state index in [2.05, 4.69) is 27.9 Å². The first-order chi connectivity index (χ1) is 23.2. The van der Waals surface area contributed by atoms with E-state index < -0.39 is 76.3 Å². The highest BCUT2D eigenvalue weighted by Crippen LogP contribution is 2.67. The molecule has 1 saturated carbocycles. The Morgan fingerprint density at radius 1 is 1.00 bits per heavy atom. The highest BCUT2D eigenvalue weighted by molar-refractivity contribution is 6.37. The molecule has 4 rings (SSSR count). The summed E-state index contributed by atoms with van der Waals surface area (Å²) in [6, 6.07) is -2.95. The molecule has 2 fully saturated rings. The van der Waals surface area contributed by atoms with Crippen molar-refractivity contribution in [1.82, 2.24) is 30.7 Å². The van der Waals surface area contributed by atoms with Crippen LogP contribution in [0.15, 0.2) is 18.5 Å². The summed E-state index contributed by atoms with van der Waals surface area (Å²) in [6.07, 6.45) is 4.82. The van der Waals surface area contributed by atoms with Crippen LogP contribution in [0.5, 0.6) is 0 Å². The van der Waals surface area contributed by atoms with Gasteiger partial charge < -0.3 is 26.6 Å². The van der Waals surface area contributed by atoms with Gasteiger partial charge in [0.15, 0.2) is 0 Å². The number of primary amides is 1. The Hall–Kier alpha value is -4.36. The first kappa shape index (κ1) is 38.4. The molecular formula is C36H53N7O7. The second-order valence-electron chi connectivity index (χ2n) is 16.0. The lowest BCUT2D eigenvalue weighted by atomic mass is 9.80. The van der Waals surface area contributed by atoms with Crippen molar-refractivity contribution in [2.24, 2.45) is 33.8 Å². The quantitative estimate of drug-likeness (QED) is 0.168. The number of amides is 7. The van der Waals surface area contributed by atoms with Crippen LogP contribution in [0.1, 0.15) is 109 Å². The fourth-order valence-corrected chi connectivity index (χ4v) is 7.45. The van der Waals surface area contributed by atoms with Crippen LogP contribution < -0.4 is 21.7 Å². The lowest BCUT2D eigenvalue weighted by Crippen LogP contribution is -2.63. The fourth-order valence-electron chi connectivity index (χ4n) is 7.45. The van der Waals surface area contributed by atoms with Gasteiger partial charge in [0, 0.05) is 18.9 Å². The SMILES string of the molecule is CCCC(NC(=O)[C@@H]1C2[C@H](CN1C(=O)[C@@H](NC(=O)NC(CN1C(=O)c3ccncc3C1=O)C(C)(C)C)C(C)(C)CC)[C@@]2(C)CC)C(=O)C(N)=O. The van der Waals surface area contributed by atoms with Crippen molar-refractivity contribution in [2.45, 2.75) is 112 Å². The third-order valence-electron chi connectivity index (χ3n) is 11.5. The van der Waals surface area contributed by atoms with Crippen molar-refractivity contribution >= 4 is 41.4 Å². The predicted molar refractivity (Wildman–Crippen MR) is 184 cm³/mol. The van der Waals surface area contributed by atoms with Gasteiger partial charge in [-0.1, -0.05) is 75.2 Å². The molecule has 0 aromatic carbocycles. The number of fused-ring (bicyclic) bond motifs is 2. The van der Waals surface area contributed by atoms with Crippen LogP contribution in [0.4, 0.5) is 4.79 Å². The van der Waals surface area contributed by atoms with Crippen LogP contribution in [-0.2, 0) is 19.2 Å². The van der Waals surface area contributed by atoms with E-state index in [0.717, 1.165) is 11.3 Å². The topological polar surface area (TPSA) is 201 Å². The van der Waals surface area contributed by atoms with Gasteiger partial charge in [-0.3, -0.25) is 38.7 Å². The van der Waals surface area contributed by atoms with Gasteiger partial charge in [0.25, 0.3) is 17.7 Å². The van der Waals surface area contributed by atoms with E-state index in [9.17, 15) is 33.6 Å². The first-order valence-corrected chi connectivity index (χ1v) is 17.6. The van der Waals surface area contributed by atoms with E-state index in [1.165, 1.54) is 23.4 Å². The minimum atomic E-state index is -1.14. The summed E-state index contributed by atoms with van der Waals surface area (Å²) < 4.78 is 0. The van der Waals surface area contributed by atoms with Crippen molar-refractivity contribution in [3.63, 3.8) is 0 Å². The molecule has 1 saturated heterocycles. The molecule has 1 aromatic heterocycles. The zero-order valence-corrected chi connectivity index (χ0v) is 30.7. The number of likely N-dealkylation sites (tertiary alicyclic amines) is 1. The highest BCUT2D eigenvalue weighted by atomic mass is 16.2. The summed E-state index contributed by atoms with van der Waals surface area (Å²) in [5.41, 5.74) is 4.18. The Morgan fingerprint density at radius 3 is 2.18 bits per heavy atom. The number of imide groups is 1. The highest BCUT2D eigenvalue weighted by Gasteiger charge is 2.71. The first-order valence-electron chi connectivity index (χ1n) is 17.6. The Kier molecular flexibility index (Phi) is 10.8. The number of rotatable bonds is 14. The number of hydrogen-bond donors (Lipinski definition) is 4. The predicted octanol–water partition coefficient (Wildman–Crippen LogP) is 2.41. The van der Waals surface area contributed by atoms with Crippen LogP contribution in [-0.4, -0.2) is 93.4 Å². The molecule has 5 N–H and O–H groups in total. The Bertz CT molecular complexity index is 1530. The number of ketones is 1. The maximum atomic E-state index is 14.6. The molecule has 3 heterocycles. The second-order valence-corrected chi connectivity index (χ2v) is 16.0. The molecule has 7 amide bonds. The molecule has 0 spiro atoms. The normalized spacial score (nSPS) is 24.5. The summed E-state index contributed by atoms with van der Waals surface area (Å²) >= 11 is 0. The number of nitrogens with two attached hydrogens (primary N) is 1. The van der Waals surface area contributed by atoms with E-state index >= 15 is 0 Å². The van der Waals surface area contributed by atoms with Crippen molar-refractivity contribution in [3.05, 3.63) is 29.6 Å². The average molecular weight is 696 g/mol. The zero-order chi connectivity index (χ0) is 37.5. The lowest BCUT2D eigenvalue weighted by molar-refractivity contribution is -0.145. The van der Waals surface area contributed by atoms with Crippen molar-refractivity contribution in [3.8, 4) is 0 Å². The van der Waals surface area contributed by atoms with Crippen molar-refractivity contribution in [2.75, 3.05) is 13.1 Å². The van der Waals surface area contributed by atoms with Gasteiger partial charge in [-0.2, -0.15) is 0 Å². The van der Waals surface area contributed by atoms with Gasteiger partial charge in [-0.05, 0) is 47.0 Å². The smallest absolute Gasteiger partial charge is 0.315 e. The maximum Gasteiger partial charge on any atom is 0.315 e. The van der Waals surface area contributed by atoms with Crippen LogP contribution in [0.2, 0.25) is 0 Å². The molecule has 2 aliphatic heterocycles. The molecule has 3 unspecified atom stereocenters. The molecule has 14 nitrogen and oxygen atoms in total. The van der Waals surface area contributed by atoms with E-state index in [4.69, 9.17) is 5.73 Å². The molecule has 7 atom stereocenters. The average Bonchev–Trinajstić information content (AvgIpc) is 3.31. The standard InChI is InChI=1S/C36H53N7O7/c1-10-13-22(26(44)28(37)45)39-29(46)25-24-21(36(24,9)12-3)17-42(25)32(49)27(35(7,8)11-2)41-33(50)40-23(34(4,5)6)18-43-30(47)19-14-15-38-16-20(19)31(43)48/h14-16,21-25,27H,10-13,17-18H2,1-9H3,(H2,37,45)(H,39,46)(H2,40,41,50)/t21-,22?,23?,24?,25-,27+,36+/m0/s1. The minimum Gasteiger partial charge on any atom is -0.363 e. The summed E-state index contributed by atoms with van der Waals surface area (Å²) in [5, 5.41) is 8.52. The number of nitrogens with one attached hydrogen (secondary N) is 3. The molecular weight excluding hydrogens is 642 g/mol. The number of carbonyl (C=O) groups excluding carboxylic acids is 7. The summed E-state index contributed by atoms with van der Waals surface area (Å²) in [5.74, 6) is -4.09. The number of hydrogen-bond acceptors (Lipinski definition) is 8.